The van der Waals surface area contributed by atoms with E-state index in [9.17, 15) is 9.59 Å². The molecule has 0 saturated carbocycles. The number of para-hydroxylation sites is 1. The summed E-state index contributed by atoms with van der Waals surface area (Å²) in [6.45, 7) is 7.87. The molecule has 0 aliphatic carbocycles. The molecule has 3 aromatic rings. The maximum absolute atomic E-state index is 13.5. The van der Waals surface area contributed by atoms with Gasteiger partial charge in [-0.2, -0.15) is 0 Å². The van der Waals surface area contributed by atoms with Crippen LogP contribution in [0.3, 0.4) is 0 Å². The normalized spacial score (nSPS) is 11.6. The van der Waals surface area contributed by atoms with Gasteiger partial charge < -0.3 is 15.1 Å². The van der Waals surface area contributed by atoms with Crippen LogP contribution in [0, 0.1) is 12.8 Å². The third kappa shape index (κ3) is 7.75. The van der Waals surface area contributed by atoms with Gasteiger partial charge in [0, 0.05) is 28.5 Å². The molecule has 0 fully saturated rings. The van der Waals surface area contributed by atoms with Gasteiger partial charge in [-0.05, 0) is 42.7 Å². The van der Waals surface area contributed by atoms with Crippen LogP contribution in [0.15, 0.2) is 72.8 Å². The van der Waals surface area contributed by atoms with E-state index in [0.29, 0.717) is 25.6 Å². The van der Waals surface area contributed by atoms with Gasteiger partial charge in [-0.15, -0.1) is 11.3 Å². The second-order valence-electron chi connectivity index (χ2n) is 8.44. The van der Waals surface area contributed by atoms with Crippen molar-refractivity contribution in [1.29, 1.82) is 0 Å². The minimum Gasteiger partial charge on any atom is -0.332 e. The molecule has 6 heteroatoms. The summed E-state index contributed by atoms with van der Waals surface area (Å²) in [6, 6.07) is 23.3. The van der Waals surface area contributed by atoms with Crippen LogP contribution in [-0.2, 0) is 17.9 Å². The predicted molar refractivity (Wildman–Crippen MR) is 136 cm³/mol. The summed E-state index contributed by atoms with van der Waals surface area (Å²) in [7, 11) is 0. The number of hydrogen-bond donors (Lipinski definition) is 1. The molecule has 5 nitrogen and oxygen atoms in total. The molecule has 33 heavy (non-hydrogen) atoms. The molecule has 3 amide bonds. The molecular formula is C27H33N3O2S. The Morgan fingerprint density at radius 3 is 2.18 bits per heavy atom. The summed E-state index contributed by atoms with van der Waals surface area (Å²) < 4.78 is 0. The van der Waals surface area contributed by atoms with Gasteiger partial charge in [-0.25, -0.2) is 4.79 Å². The van der Waals surface area contributed by atoms with E-state index >= 15 is 0 Å². The van der Waals surface area contributed by atoms with Gasteiger partial charge in [0.25, 0.3) is 0 Å². The van der Waals surface area contributed by atoms with Gasteiger partial charge in [-0.1, -0.05) is 68.8 Å². The minimum atomic E-state index is -0.249. The zero-order valence-electron chi connectivity index (χ0n) is 19.7. The second-order valence-corrected chi connectivity index (χ2v) is 9.81. The number of aryl methyl sites for hydroxylation is 1. The van der Waals surface area contributed by atoms with Crippen LogP contribution < -0.4 is 5.32 Å². The lowest BCUT2D eigenvalue weighted by atomic mass is 10.1. The second kappa shape index (κ2) is 12.2. The Morgan fingerprint density at radius 2 is 1.58 bits per heavy atom. The third-order valence-corrected chi connectivity index (χ3v) is 6.56. The van der Waals surface area contributed by atoms with E-state index in [1.807, 2.05) is 65.6 Å². The maximum atomic E-state index is 13.5. The van der Waals surface area contributed by atoms with E-state index in [1.54, 1.807) is 16.2 Å². The molecular weight excluding hydrogens is 430 g/mol. The van der Waals surface area contributed by atoms with Crippen LogP contribution in [0.2, 0.25) is 0 Å². The Bertz CT molecular complexity index is 1020. The molecule has 0 bridgehead atoms. The van der Waals surface area contributed by atoms with Crippen molar-refractivity contribution in [2.24, 2.45) is 5.92 Å². The number of hydrogen-bond acceptors (Lipinski definition) is 3. The van der Waals surface area contributed by atoms with Crippen molar-refractivity contribution in [2.45, 2.75) is 40.3 Å². The minimum absolute atomic E-state index is 0.0419. The lowest BCUT2D eigenvalue weighted by Gasteiger charge is -2.29. The highest BCUT2D eigenvalue weighted by atomic mass is 32.1. The van der Waals surface area contributed by atoms with Crippen LogP contribution in [0.4, 0.5) is 10.5 Å². The average molecular weight is 464 g/mol. The zero-order chi connectivity index (χ0) is 23.6. The van der Waals surface area contributed by atoms with E-state index in [4.69, 9.17) is 0 Å². The van der Waals surface area contributed by atoms with Crippen LogP contribution in [0.1, 0.15) is 35.6 Å². The molecule has 0 aliphatic rings. The lowest BCUT2D eigenvalue weighted by molar-refractivity contribution is -0.133. The molecule has 1 N–H and O–H groups in total. The number of carbonyl (C=O) groups excluding carboxylic acids is 2. The monoisotopic (exact) mass is 463 g/mol. The maximum Gasteiger partial charge on any atom is 0.322 e. The number of rotatable bonds is 10. The standard InChI is InChI=1S/C27H33N3O2S/c1-4-21(2)17-30(27(32)28-24-13-9-6-10-14-24)20-26(31)29(18-23-11-7-5-8-12-23)19-25-16-15-22(3)33-25/h5-16,21H,4,17-20H2,1-3H3,(H,28,32). The van der Waals surface area contributed by atoms with Crippen molar-refractivity contribution in [1.82, 2.24) is 9.80 Å². The molecule has 1 aromatic heterocycles. The predicted octanol–water partition coefficient (Wildman–Crippen LogP) is 6.17. The zero-order valence-corrected chi connectivity index (χ0v) is 20.5. The Morgan fingerprint density at radius 1 is 0.909 bits per heavy atom. The Balaban J connectivity index is 1.77. The number of benzene rings is 2. The van der Waals surface area contributed by atoms with Crippen LogP contribution in [0.5, 0.6) is 0 Å². The largest absolute Gasteiger partial charge is 0.332 e. The molecule has 2 aromatic carbocycles. The average Bonchev–Trinajstić information content (AvgIpc) is 3.23. The summed E-state index contributed by atoms with van der Waals surface area (Å²) in [5, 5.41) is 2.94. The molecule has 0 saturated heterocycles. The number of urea groups is 1. The van der Waals surface area contributed by atoms with Gasteiger partial charge in [0.15, 0.2) is 0 Å². The first kappa shape index (κ1) is 24.5. The number of carbonyl (C=O) groups is 2. The number of thiophene rings is 1. The Kier molecular flexibility index (Phi) is 9.07. The van der Waals surface area contributed by atoms with Crippen molar-refractivity contribution in [3.63, 3.8) is 0 Å². The Labute approximate surface area is 201 Å². The van der Waals surface area contributed by atoms with E-state index < -0.39 is 0 Å². The van der Waals surface area contributed by atoms with Crippen molar-refractivity contribution < 1.29 is 9.59 Å². The summed E-state index contributed by atoms with van der Waals surface area (Å²) in [4.78, 5) is 32.4. The summed E-state index contributed by atoms with van der Waals surface area (Å²) in [5.74, 6) is 0.235. The summed E-state index contributed by atoms with van der Waals surface area (Å²) >= 11 is 1.70. The molecule has 1 unspecified atom stereocenters. The molecule has 0 aliphatic heterocycles. The number of anilines is 1. The first-order valence-electron chi connectivity index (χ1n) is 11.4. The fraction of sp³-hybridized carbons (Fsp3) is 0.333. The quantitative estimate of drug-likeness (QED) is 0.391. The molecule has 1 atom stereocenters. The summed E-state index contributed by atoms with van der Waals surface area (Å²) in [5.41, 5.74) is 1.79. The molecule has 3 rings (SSSR count). The number of nitrogens with zero attached hydrogens (tertiary/aromatic N) is 2. The highest BCUT2D eigenvalue weighted by molar-refractivity contribution is 7.11. The van der Waals surface area contributed by atoms with Crippen LogP contribution >= 0.6 is 11.3 Å². The number of amides is 3. The van der Waals surface area contributed by atoms with Gasteiger partial charge in [0.2, 0.25) is 5.91 Å². The highest BCUT2D eigenvalue weighted by Gasteiger charge is 2.23. The van der Waals surface area contributed by atoms with Gasteiger partial charge in [0.1, 0.15) is 6.54 Å². The first-order chi connectivity index (χ1) is 15.9. The van der Waals surface area contributed by atoms with E-state index in [0.717, 1.165) is 22.5 Å². The van der Waals surface area contributed by atoms with E-state index in [2.05, 4.69) is 38.2 Å². The highest BCUT2D eigenvalue weighted by Crippen LogP contribution is 2.19. The smallest absolute Gasteiger partial charge is 0.322 e. The third-order valence-electron chi connectivity index (χ3n) is 5.58. The van der Waals surface area contributed by atoms with Crippen LogP contribution in [-0.4, -0.2) is 34.8 Å². The fourth-order valence-corrected chi connectivity index (χ4v) is 4.41. The molecule has 0 radical (unpaired) electrons. The Hall–Kier alpha value is -3.12. The SMILES string of the molecule is CCC(C)CN(CC(=O)N(Cc1ccccc1)Cc1ccc(C)s1)C(=O)Nc1ccccc1. The van der Waals surface area contributed by atoms with Crippen LogP contribution in [0.25, 0.3) is 0 Å². The van der Waals surface area contributed by atoms with Crippen molar-refractivity contribution >= 4 is 29.0 Å². The van der Waals surface area contributed by atoms with Gasteiger partial charge in [-0.3, -0.25) is 4.79 Å². The number of nitrogens with one attached hydrogen (secondary N) is 1. The molecule has 0 spiro atoms. The van der Waals surface area contributed by atoms with Gasteiger partial charge >= 0.3 is 6.03 Å². The molecule has 174 valence electrons. The molecule has 1 heterocycles. The van der Waals surface area contributed by atoms with Crippen molar-refractivity contribution in [3.05, 3.63) is 88.1 Å². The van der Waals surface area contributed by atoms with Crippen molar-refractivity contribution in [2.75, 3.05) is 18.4 Å². The van der Waals surface area contributed by atoms with Crippen molar-refractivity contribution in [3.8, 4) is 0 Å². The van der Waals surface area contributed by atoms with Gasteiger partial charge in [0.05, 0.1) is 6.54 Å². The first-order valence-corrected chi connectivity index (χ1v) is 12.2. The summed E-state index contributed by atoms with van der Waals surface area (Å²) in [6.07, 6.45) is 0.936. The van der Waals surface area contributed by atoms with E-state index in [-0.39, 0.29) is 18.5 Å². The lowest BCUT2D eigenvalue weighted by Crippen LogP contribution is -2.45. The fourth-order valence-electron chi connectivity index (χ4n) is 3.51. The van der Waals surface area contributed by atoms with E-state index in [1.165, 1.54) is 4.88 Å². The topological polar surface area (TPSA) is 52.7 Å².